The van der Waals surface area contributed by atoms with Crippen molar-refractivity contribution < 1.29 is 4.39 Å². The first-order valence-electron chi connectivity index (χ1n) is 4.99. The van der Waals surface area contributed by atoms with Gasteiger partial charge in [0.25, 0.3) is 0 Å². The molecule has 2 aromatic rings. The first-order valence-corrected chi connectivity index (χ1v) is 4.99. The van der Waals surface area contributed by atoms with Gasteiger partial charge in [-0.3, -0.25) is 0 Å². The van der Waals surface area contributed by atoms with Gasteiger partial charge in [0, 0.05) is 19.0 Å². The molecule has 0 amide bonds. The third kappa shape index (κ3) is 2.40. The first-order chi connectivity index (χ1) is 7.79. The van der Waals surface area contributed by atoms with Gasteiger partial charge in [-0.25, -0.2) is 4.39 Å². The van der Waals surface area contributed by atoms with Crippen molar-refractivity contribution in [1.82, 2.24) is 25.5 Å². The van der Waals surface area contributed by atoms with Gasteiger partial charge in [0.15, 0.2) is 5.82 Å². The molecule has 16 heavy (non-hydrogen) atoms. The molecule has 0 bridgehead atoms. The van der Waals surface area contributed by atoms with Crippen LogP contribution in [0.15, 0.2) is 24.3 Å². The zero-order chi connectivity index (χ0) is 11.4. The van der Waals surface area contributed by atoms with Crippen molar-refractivity contribution in [1.29, 1.82) is 0 Å². The Morgan fingerprint density at radius 2 is 2.31 bits per heavy atom. The highest BCUT2D eigenvalue weighted by Gasteiger charge is 2.04. The van der Waals surface area contributed by atoms with Gasteiger partial charge in [0.2, 0.25) is 0 Å². The number of rotatable bonds is 4. The van der Waals surface area contributed by atoms with Crippen molar-refractivity contribution in [3.63, 3.8) is 0 Å². The molecule has 0 fully saturated rings. The van der Waals surface area contributed by atoms with E-state index >= 15 is 0 Å². The highest BCUT2D eigenvalue weighted by atomic mass is 19.1. The van der Waals surface area contributed by atoms with Crippen molar-refractivity contribution in [3.8, 4) is 5.69 Å². The van der Waals surface area contributed by atoms with E-state index in [0.717, 1.165) is 6.54 Å². The molecule has 1 aromatic carbocycles. The van der Waals surface area contributed by atoms with Crippen molar-refractivity contribution in [2.45, 2.75) is 6.42 Å². The number of hydrogen-bond acceptors (Lipinski definition) is 4. The Hall–Kier alpha value is -1.82. The van der Waals surface area contributed by atoms with Crippen LogP contribution in [0.3, 0.4) is 0 Å². The Morgan fingerprint density at radius 3 is 3.06 bits per heavy atom. The second-order valence-electron chi connectivity index (χ2n) is 3.33. The zero-order valence-corrected chi connectivity index (χ0v) is 8.89. The Labute approximate surface area is 92.3 Å². The summed E-state index contributed by atoms with van der Waals surface area (Å²) in [4.78, 5) is 1.33. The molecule has 84 valence electrons. The van der Waals surface area contributed by atoms with Crippen LogP contribution >= 0.6 is 0 Å². The predicted octanol–water partition coefficient (Wildman–Crippen LogP) is 0.563. The molecule has 5 nitrogen and oxygen atoms in total. The lowest BCUT2D eigenvalue weighted by molar-refractivity contribution is 0.621. The molecular formula is C10H12FN5. The number of halogens is 1. The number of benzene rings is 1. The Bertz CT molecular complexity index is 468. The fourth-order valence-electron chi connectivity index (χ4n) is 1.29. The molecule has 0 saturated carbocycles. The number of aromatic nitrogens is 4. The van der Waals surface area contributed by atoms with Gasteiger partial charge < -0.3 is 5.32 Å². The maximum absolute atomic E-state index is 13.0. The smallest absolute Gasteiger partial charge is 0.176 e. The minimum atomic E-state index is -0.313. The number of likely N-dealkylation sites (N-methyl/N-ethyl adjacent to an activating group) is 1. The zero-order valence-electron chi connectivity index (χ0n) is 8.89. The minimum absolute atomic E-state index is 0.313. The SMILES string of the molecule is CNCCc1nnn(-c2cccc(F)c2)n1. The topological polar surface area (TPSA) is 55.6 Å². The first kappa shape index (κ1) is 10.7. The van der Waals surface area contributed by atoms with Gasteiger partial charge in [-0.2, -0.15) is 0 Å². The molecule has 0 spiro atoms. The summed E-state index contributed by atoms with van der Waals surface area (Å²) in [6, 6.07) is 6.08. The minimum Gasteiger partial charge on any atom is -0.319 e. The summed E-state index contributed by atoms with van der Waals surface area (Å²) in [5, 5.41) is 14.9. The highest BCUT2D eigenvalue weighted by Crippen LogP contribution is 2.06. The van der Waals surface area contributed by atoms with E-state index in [2.05, 4.69) is 20.7 Å². The van der Waals surface area contributed by atoms with Gasteiger partial charge in [-0.1, -0.05) is 6.07 Å². The fraction of sp³-hybridized carbons (Fsp3) is 0.300. The highest BCUT2D eigenvalue weighted by molar-refractivity contribution is 5.29. The van der Waals surface area contributed by atoms with Crippen LogP contribution in [0.5, 0.6) is 0 Å². The Morgan fingerprint density at radius 1 is 1.44 bits per heavy atom. The van der Waals surface area contributed by atoms with E-state index in [-0.39, 0.29) is 5.82 Å². The quantitative estimate of drug-likeness (QED) is 0.819. The van der Waals surface area contributed by atoms with Crippen molar-refractivity contribution in [2.75, 3.05) is 13.6 Å². The lowest BCUT2D eigenvalue weighted by atomic mass is 10.3. The summed E-state index contributed by atoms with van der Waals surface area (Å²) in [5.41, 5.74) is 0.572. The van der Waals surface area contributed by atoms with Crippen LogP contribution in [-0.4, -0.2) is 33.8 Å². The van der Waals surface area contributed by atoms with Gasteiger partial charge in [-0.15, -0.1) is 15.0 Å². The van der Waals surface area contributed by atoms with Crippen molar-refractivity contribution >= 4 is 0 Å². The van der Waals surface area contributed by atoms with E-state index in [4.69, 9.17) is 0 Å². The standard InChI is InChI=1S/C10H12FN5/c1-12-6-5-10-13-15-16(14-10)9-4-2-3-8(11)7-9/h2-4,7,12H,5-6H2,1H3. The summed E-state index contributed by atoms with van der Waals surface area (Å²) in [5.74, 6) is 0.324. The largest absolute Gasteiger partial charge is 0.319 e. The molecule has 0 aliphatic rings. The van der Waals surface area contributed by atoms with Crippen LogP contribution in [0.25, 0.3) is 5.69 Å². The molecule has 0 saturated heterocycles. The van der Waals surface area contributed by atoms with Gasteiger partial charge in [-0.05, 0) is 24.4 Å². The molecule has 0 atom stereocenters. The molecule has 0 unspecified atom stereocenters. The summed E-state index contributed by atoms with van der Waals surface area (Å²) in [6.07, 6.45) is 0.700. The van der Waals surface area contributed by atoms with E-state index < -0.39 is 0 Å². The van der Waals surface area contributed by atoms with E-state index in [1.165, 1.54) is 16.9 Å². The van der Waals surface area contributed by atoms with Crippen LogP contribution < -0.4 is 5.32 Å². The normalized spacial score (nSPS) is 10.6. The molecule has 1 N–H and O–H groups in total. The number of hydrogen-bond donors (Lipinski definition) is 1. The maximum Gasteiger partial charge on any atom is 0.176 e. The predicted molar refractivity (Wildman–Crippen MR) is 56.7 cm³/mol. The molecule has 0 radical (unpaired) electrons. The molecular weight excluding hydrogens is 209 g/mol. The molecule has 0 aliphatic carbocycles. The van der Waals surface area contributed by atoms with Crippen molar-refractivity contribution in [3.05, 3.63) is 35.9 Å². The second-order valence-corrected chi connectivity index (χ2v) is 3.33. The average Bonchev–Trinajstić information content (AvgIpc) is 2.75. The third-order valence-electron chi connectivity index (χ3n) is 2.09. The monoisotopic (exact) mass is 221 g/mol. The average molecular weight is 221 g/mol. The van der Waals surface area contributed by atoms with E-state index in [9.17, 15) is 4.39 Å². The maximum atomic E-state index is 13.0. The fourth-order valence-corrected chi connectivity index (χ4v) is 1.29. The molecule has 1 heterocycles. The molecule has 0 aliphatic heterocycles. The second kappa shape index (κ2) is 4.80. The molecule has 6 heteroatoms. The lowest BCUT2D eigenvalue weighted by Gasteiger charge is -1.97. The van der Waals surface area contributed by atoms with E-state index in [1.807, 2.05) is 7.05 Å². The third-order valence-corrected chi connectivity index (χ3v) is 2.09. The summed E-state index contributed by atoms with van der Waals surface area (Å²) < 4.78 is 13.0. The van der Waals surface area contributed by atoms with E-state index in [1.54, 1.807) is 12.1 Å². The lowest BCUT2D eigenvalue weighted by Crippen LogP contribution is -2.11. The summed E-state index contributed by atoms with van der Waals surface area (Å²) in [6.45, 7) is 0.787. The Kier molecular flexibility index (Phi) is 3.21. The number of nitrogens with zero attached hydrogens (tertiary/aromatic N) is 4. The van der Waals surface area contributed by atoms with Crippen LogP contribution in [0.2, 0.25) is 0 Å². The summed E-state index contributed by atoms with van der Waals surface area (Å²) in [7, 11) is 1.86. The van der Waals surface area contributed by atoms with Gasteiger partial charge in [0.05, 0.1) is 5.69 Å². The van der Waals surface area contributed by atoms with Gasteiger partial charge in [0.1, 0.15) is 5.82 Å². The van der Waals surface area contributed by atoms with Crippen LogP contribution in [0.4, 0.5) is 4.39 Å². The molecule has 2 rings (SSSR count). The van der Waals surface area contributed by atoms with Crippen LogP contribution in [0, 0.1) is 5.82 Å². The number of tetrazole rings is 1. The van der Waals surface area contributed by atoms with Crippen molar-refractivity contribution in [2.24, 2.45) is 0 Å². The van der Waals surface area contributed by atoms with Crippen LogP contribution in [0.1, 0.15) is 5.82 Å². The summed E-state index contributed by atoms with van der Waals surface area (Å²) >= 11 is 0. The van der Waals surface area contributed by atoms with Gasteiger partial charge >= 0.3 is 0 Å². The Balaban J connectivity index is 2.18. The molecule has 1 aromatic heterocycles. The number of nitrogens with one attached hydrogen (secondary N) is 1. The van der Waals surface area contributed by atoms with E-state index in [0.29, 0.717) is 17.9 Å². The van der Waals surface area contributed by atoms with Crippen LogP contribution in [-0.2, 0) is 6.42 Å².